The Balaban J connectivity index is 1.57. The lowest BCUT2D eigenvalue weighted by Crippen LogP contribution is -2.23. The molecular weight excluding hydrogens is 382 g/mol. The molecule has 1 N–H and O–H groups in total. The van der Waals surface area contributed by atoms with Crippen LogP contribution < -0.4 is 15.6 Å². The van der Waals surface area contributed by atoms with E-state index in [4.69, 9.17) is 4.74 Å². The van der Waals surface area contributed by atoms with Gasteiger partial charge >= 0.3 is 0 Å². The number of methoxy groups -OCH3 is 1. The van der Waals surface area contributed by atoms with Crippen molar-refractivity contribution >= 4 is 17.4 Å². The maximum absolute atomic E-state index is 12.2. The number of carbonyl (C=O) groups excluding carboxylic acids is 2. The number of Topliss-reactive ketones (excluding diaryl/α,β-unsaturated/α-hetero) is 1. The van der Waals surface area contributed by atoms with Gasteiger partial charge in [-0.3, -0.25) is 14.4 Å². The summed E-state index contributed by atoms with van der Waals surface area (Å²) in [7, 11) is 1.60. The van der Waals surface area contributed by atoms with Gasteiger partial charge in [0.05, 0.1) is 12.8 Å². The Morgan fingerprint density at radius 2 is 1.70 bits per heavy atom. The zero-order valence-electron chi connectivity index (χ0n) is 16.9. The van der Waals surface area contributed by atoms with Gasteiger partial charge < -0.3 is 10.1 Å². The van der Waals surface area contributed by atoms with Gasteiger partial charge in [0.25, 0.3) is 5.56 Å². The van der Waals surface area contributed by atoms with E-state index in [9.17, 15) is 14.4 Å². The largest absolute Gasteiger partial charge is 0.497 e. The number of anilines is 1. The van der Waals surface area contributed by atoms with Crippen molar-refractivity contribution in [3.8, 4) is 17.0 Å². The quantitative estimate of drug-likeness (QED) is 0.579. The highest BCUT2D eigenvalue weighted by molar-refractivity contribution is 5.95. The first-order valence-corrected chi connectivity index (χ1v) is 9.60. The molecule has 0 radical (unpaired) electrons. The number of ketones is 1. The fourth-order valence-corrected chi connectivity index (χ4v) is 2.93. The minimum absolute atomic E-state index is 0.0253. The molecule has 0 saturated carbocycles. The molecule has 0 aliphatic rings. The summed E-state index contributed by atoms with van der Waals surface area (Å²) in [6.07, 6.45) is 0.714. The second-order valence-electron chi connectivity index (χ2n) is 6.79. The number of rotatable bonds is 8. The summed E-state index contributed by atoms with van der Waals surface area (Å²) in [6.45, 7) is 1.83. The van der Waals surface area contributed by atoms with Gasteiger partial charge in [0, 0.05) is 35.8 Å². The Morgan fingerprint density at radius 3 is 2.33 bits per heavy atom. The molecule has 3 rings (SSSR count). The lowest BCUT2D eigenvalue weighted by molar-refractivity contribution is -0.116. The highest BCUT2D eigenvalue weighted by Crippen LogP contribution is 2.19. The molecule has 1 amide bonds. The fourth-order valence-electron chi connectivity index (χ4n) is 2.93. The van der Waals surface area contributed by atoms with Gasteiger partial charge in [0.1, 0.15) is 5.75 Å². The molecule has 0 aliphatic carbocycles. The van der Waals surface area contributed by atoms with Crippen molar-refractivity contribution in [2.24, 2.45) is 0 Å². The second kappa shape index (κ2) is 9.65. The van der Waals surface area contributed by atoms with Crippen LogP contribution in [0.5, 0.6) is 5.75 Å². The number of nitrogens with zero attached hydrogens (tertiary/aromatic N) is 2. The van der Waals surface area contributed by atoms with Crippen LogP contribution in [0.1, 0.15) is 30.1 Å². The van der Waals surface area contributed by atoms with E-state index in [1.54, 1.807) is 37.4 Å². The highest BCUT2D eigenvalue weighted by Gasteiger charge is 2.07. The number of aryl methyl sites for hydroxylation is 1. The standard InChI is InChI=1S/C23H23N3O4/c1-16(27)17-5-9-19(10-6-17)24-22(28)4-3-15-26-23(29)14-13-21(25-26)18-7-11-20(30-2)12-8-18/h5-14H,3-4,15H2,1-2H3,(H,24,28). The predicted molar refractivity (Wildman–Crippen MR) is 115 cm³/mol. The summed E-state index contributed by atoms with van der Waals surface area (Å²) in [4.78, 5) is 35.6. The van der Waals surface area contributed by atoms with Gasteiger partial charge in [0.2, 0.25) is 5.91 Å². The molecule has 154 valence electrons. The fraction of sp³-hybridized carbons (Fsp3) is 0.217. The van der Waals surface area contributed by atoms with Crippen molar-refractivity contribution in [1.29, 1.82) is 0 Å². The Kier molecular flexibility index (Phi) is 6.75. The van der Waals surface area contributed by atoms with Gasteiger partial charge in [-0.25, -0.2) is 4.68 Å². The summed E-state index contributed by atoms with van der Waals surface area (Å²) in [5.74, 6) is 0.557. The molecule has 0 fully saturated rings. The van der Waals surface area contributed by atoms with E-state index in [1.165, 1.54) is 17.7 Å². The van der Waals surface area contributed by atoms with Crippen LogP contribution in [0.2, 0.25) is 0 Å². The second-order valence-corrected chi connectivity index (χ2v) is 6.79. The molecule has 1 aromatic heterocycles. The average Bonchev–Trinajstić information content (AvgIpc) is 2.75. The molecule has 7 nitrogen and oxygen atoms in total. The average molecular weight is 405 g/mol. The molecule has 7 heteroatoms. The number of aromatic nitrogens is 2. The van der Waals surface area contributed by atoms with Crippen LogP contribution >= 0.6 is 0 Å². The highest BCUT2D eigenvalue weighted by atomic mass is 16.5. The van der Waals surface area contributed by atoms with E-state index >= 15 is 0 Å². The number of nitrogens with one attached hydrogen (secondary N) is 1. The molecule has 0 unspecified atom stereocenters. The van der Waals surface area contributed by atoms with Gasteiger partial charge in [-0.1, -0.05) is 0 Å². The Labute approximate surface area is 174 Å². The molecule has 30 heavy (non-hydrogen) atoms. The van der Waals surface area contributed by atoms with Crippen LogP contribution in [0.3, 0.4) is 0 Å². The summed E-state index contributed by atoms with van der Waals surface area (Å²) >= 11 is 0. The van der Waals surface area contributed by atoms with Gasteiger partial charge in [-0.05, 0) is 67.9 Å². The van der Waals surface area contributed by atoms with Crippen LogP contribution in [0.15, 0.2) is 65.5 Å². The molecule has 0 aliphatic heterocycles. The third-order valence-electron chi connectivity index (χ3n) is 4.60. The summed E-state index contributed by atoms with van der Waals surface area (Å²) < 4.78 is 6.52. The van der Waals surface area contributed by atoms with E-state index in [1.807, 2.05) is 24.3 Å². The number of ether oxygens (including phenoxy) is 1. The van der Waals surface area contributed by atoms with Crippen LogP contribution in [0.25, 0.3) is 11.3 Å². The number of hydrogen-bond acceptors (Lipinski definition) is 5. The lowest BCUT2D eigenvalue weighted by atomic mass is 10.1. The van der Waals surface area contributed by atoms with E-state index < -0.39 is 0 Å². The monoisotopic (exact) mass is 405 g/mol. The maximum Gasteiger partial charge on any atom is 0.266 e. The predicted octanol–water partition coefficient (Wildman–Crippen LogP) is 3.54. The number of benzene rings is 2. The summed E-state index contributed by atoms with van der Waals surface area (Å²) in [5.41, 5.74) is 2.55. The van der Waals surface area contributed by atoms with Crippen molar-refractivity contribution in [3.63, 3.8) is 0 Å². The Morgan fingerprint density at radius 1 is 1.00 bits per heavy atom. The van der Waals surface area contributed by atoms with Crippen molar-refractivity contribution < 1.29 is 14.3 Å². The van der Waals surface area contributed by atoms with Gasteiger partial charge in [-0.15, -0.1) is 0 Å². The number of hydrogen-bond donors (Lipinski definition) is 1. The number of amides is 1. The molecule has 0 atom stereocenters. The van der Waals surface area contributed by atoms with E-state index in [0.717, 1.165) is 11.3 Å². The third-order valence-corrected chi connectivity index (χ3v) is 4.60. The SMILES string of the molecule is COc1ccc(-c2ccc(=O)n(CCCC(=O)Nc3ccc(C(C)=O)cc3)n2)cc1. The van der Waals surface area contributed by atoms with Crippen molar-refractivity contribution in [3.05, 3.63) is 76.6 Å². The molecule has 0 bridgehead atoms. The van der Waals surface area contributed by atoms with Gasteiger partial charge in [-0.2, -0.15) is 5.10 Å². The van der Waals surface area contributed by atoms with Crippen LogP contribution in [-0.4, -0.2) is 28.6 Å². The van der Waals surface area contributed by atoms with E-state index in [2.05, 4.69) is 10.4 Å². The first kappa shape index (κ1) is 21.0. The number of carbonyl (C=O) groups is 2. The van der Waals surface area contributed by atoms with Crippen LogP contribution in [-0.2, 0) is 11.3 Å². The van der Waals surface area contributed by atoms with Crippen LogP contribution in [0, 0.1) is 0 Å². The van der Waals surface area contributed by atoms with Crippen molar-refractivity contribution in [2.45, 2.75) is 26.3 Å². The topological polar surface area (TPSA) is 90.3 Å². The van der Waals surface area contributed by atoms with E-state index in [0.29, 0.717) is 29.9 Å². The van der Waals surface area contributed by atoms with Gasteiger partial charge in [0.15, 0.2) is 5.78 Å². The lowest BCUT2D eigenvalue weighted by Gasteiger charge is -2.09. The van der Waals surface area contributed by atoms with Crippen molar-refractivity contribution in [2.75, 3.05) is 12.4 Å². The molecule has 1 heterocycles. The first-order valence-electron chi connectivity index (χ1n) is 9.60. The maximum atomic E-state index is 12.2. The minimum atomic E-state index is -0.215. The molecule has 0 spiro atoms. The van der Waals surface area contributed by atoms with E-state index in [-0.39, 0.29) is 23.7 Å². The third kappa shape index (κ3) is 5.41. The summed E-state index contributed by atoms with van der Waals surface area (Å²) in [6, 6.07) is 17.3. The van der Waals surface area contributed by atoms with Crippen LogP contribution in [0.4, 0.5) is 5.69 Å². The molecule has 3 aromatic rings. The first-order chi connectivity index (χ1) is 14.5. The molecule has 0 saturated heterocycles. The smallest absolute Gasteiger partial charge is 0.266 e. The Hall–Kier alpha value is -3.74. The zero-order chi connectivity index (χ0) is 21.5. The van der Waals surface area contributed by atoms with Crippen molar-refractivity contribution in [1.82, 2.24) is 9.78 Å². The normalized spacial score (nSPS) is 10.5. The summed E-state index contributed by atoms with van der Waals surface area (Å²) in [5, 5.41) is 7.19. The molecular formula is C23H23N3O4. The zero-order valence-corrected chi connectivity index (χ0v) is 16.9. The molecule has 2 aromatic carbocycles. The minimum Gasteiger partial charge on any atom is -0.497 e. The Bertz CT molecular complexity index is 1090.